The molecular formula is C16H22N2. The van der Waals surface area contributed by atoms with Crippen LogP contribution in [-0.2, 0) is 0 Å². The number of benzene rings is 1. The van der Waals surface area contributed by atoms with Crippen LogP contribution in [0.2, 0.25) is 0 Å². The summed E-state index contributed by atoms with van der Waals surface area (Å²) >= 11 is 0. The van der Waals surface area contributed by atoms with Crippen LogP contribution in [0.15, 0.2) is 18.2 Å². The molecule has 0 radical (unpaired) electrons. The van der Waals surface area contributed by atoms with E-state index in [0.29, 0.717) is 17.4 Å². The fourth-order valence-corrected chi connectivity index (χ4v) is 3.13. The van der Waals surface area contributed by atoms with Gasteiger partial charge in [0.1, 0.15) is 0 Å². The molecule has 0 bridgehead atoms. The Bertz CT molecular complexity index is 482. The summed E-state index contributed by atoms with van der Waals surface area (Å²) < 4.78 is 0. The first-order valence-electron chi connectivity index (χ1n) is 6.68. The van der Waals surface area contributed by atoms with Gasteiger partial charge >= 0.3 is 0 Å². The lowest BCUT2D eigenvalue weighted by atomic mass is 9.91. The van der Waals surface area contributed by atoms with E-state index < -0.39 is 0 Å². The molecule has 1 fully saturated rings. The molecule has 0 aliphatic heterocycles. The average Bonchev–Trinajstić information content (AvgIpc) is 2.55. The zero-order chi connectivity index (χ0) is 13.3. The Morgan fingerprint density at radius 1 is 1.33 bits per heavy atom. The highest BCUT2D eigenvalue weighted by Gasteiger charge is 2.36. The summed E-state index contributed by atoms with van der Waals surface area (Å²) in [6, 6.07) is 8.59. The molecule has 2 nitrogen and oxygen atoms in total. The minimum absolute atomic E-state index is 0.428. The van der Waals surface area contributed by atoms with Crippen molar-refractivity contribution >= 4 is 5.69 Å². The van der Waals surface area contributed by atoms with Crippen LogP contribution in [0.4, 0.5) is 5.69 Å². The predicted octanol–water partition coefficient (Wildman–Crippen LogP) is 4.10. The zero-order valence-electron chi connectivity index (χ0n) is 11.7. The van der Waals surface area contributed by atoms with Crippen molar-refractivity contribution in [2.45, 2.75) is 46.6 Å². The van der Waals surface area contributed by atoms with Crippen molar-refractivity contribution in [1.82, 2.24) is 0 Å². The third-order valence-corrected chi connectivity index (χ3v) is 4.04. The van der Waals surface area contributed by atoms with E-state index in [1.165, 1.54) is 18.4 Å². The van der Waals surface area contributed by atoms with Crippen molar-refractivity contribution < 1.29 is 0 Å². The van der Waals surface area contributed by atoms with Crippen LogP contribution < -0.4 is 5.32 Å². The quantitative estimate of drug-likeness (QED) is 0.847. The molecule has 0 spiro atoms. The maximum absolute atomic E-state index is 8.97. The van der Waals surface area contributed by atoms with Crippen LogP contribution in [0.3, 0.4) is 0 Å². The topological polar surface area (TPSA) is 35.8 Å². The SMILES string of the molecule is Cc1ccc(C#N)cc1NC1CC(C)(C)CC1C. The number of nitrogens with one attached hydrogen (secondary N) is 1. The van der Waals surface area contributed by atoms with E-state index in [2.05, 4.69) is 39.1 Å². The van der Waals surface area contributed by atoms with Gasteiger partial charge in [0.05, 0.1) is 11.6 Å². The van der Waals surface area contributed by atoms with Gasteiger partial charge in [-0.1, -0.05) is 26.8 Å². The standard InChI is InChI=1S/C16H22N2/c1-11-5-6-13(10-17)7-14(11)18-15-9-16(3,4)8-12(15)2/h5-7,12,15,18H,8-9H2,1-4H3. The summed E-state index contributed by atoms with van der Waals surface area (Å²) in [5.41, 5.74) is 3.49. The van der Waals surface area contributed by atoms with E-state index in [0.717, 1.165) is 11.3 Å². The number of anilines is 1. The fourth-order valence-electron chi connectivity index (χ4n) is 3.13. The van der Waals surface area contributed by atoms with Crippen LogP contribution in [0, 0.1) is 29.6 Å². The molecular weight excluding hydrogens is 220 g/mol. The Balaban J connectivity index is 2.17. The molecule has 2 unspecified atom stereocenters. The van der Waals surface area contributed by atoms with Gasteiger partial charge in [-0.3, -0.25) is 0 Å². The molecule has 2 heteroatoms. The number of hydrogen-bond acceptors (Lipinski definition) is 2. The van der Waals surface area contributed by atoms with Crippen LogP contribution >= 0.6 is 0 Å². The summed E-state index contributed by atoms with van der Waals surface area (Å²) in [5.74, 6) is 0.685. The summed E-state index contributed by atoms with van der Waals surface area (Å²) in [6.45, 7) is 9.08. The molecule has 18 heavy (non-hydrogen) atoms. The van der Waals surface area contributed by atoms with Gasteiger partial charge in [0.15, 0.2) is 0 Å². The van der Waals surface area contributed by atoms with Crippen molar-refractivity contribution in [2.75, 3.05) is 5.32 Å². The maximum Gasteiger partial charge on any atom is 0.0992 e. The molecule has 0 saturated heterocycles. The van der Waals surface area contributed by atoms with Gasteiger partial charge in [-0.15, -0.1) is 0 Å². The van der Waals surface area contributed by atoms with E-state index >= 15 is 0 Å². The first-order chi connectivity index (χ1) is 8.41. The number of rotatable bonds is 2. The molecule has 1 N–H and O–H groups in total. The number of aryl methyl sites for hydroxylation is 1. The second-order valence-electron chi connectivity index (χ2n) is 6.44. The zero-order valence-corrected chi connectivity index (χ0v) is 11.7. The van der Waals surface area contributed by atoms with Crippen molar-refractivity contribution in [2.24, 2.45) is 11.3 Å². The van der Waals surface area contributed by atoms with E-state index in [1.807, 2.05) is 18.2 Å². The summed E-state index contributed by atoms with van der Waals surface area (Å²) in [4.78, 5) is 0. The first-order valence-corrected chi connectivity index (χ1v) is 6.68. The van der Waals surface area contributed by atoms with Crippen molar-refractivity contribution in [3.05, 3.63) is 29.3 Å². The second kappa shape index (κ2) is 4.65. The van der Waals surface area contributed by atoms with Crippen LogP contribution in [0.25, 0.3) is 0 Å². The number of nitrogens with zero attached hydrogens (tertiary/aromatic N) is 1. The molecule has 0 heterocycles. The highest BCUT2D eigenvalue weighted by molar-refractivity contribution is 5.55. The Morgan fingerprint density at radius 3 is 2.61 bits per heavy atom. The van der Waals surface area contributed by atoms with E-state index in [-0.39, 0.29) is 0 Å². The largest absolute Gasteiger partial charge is 0.382 e. The Morgan fingerprint density at radius 2 is 2.06 bits per heavy atom. The molecule has 2 atom stereocenters. The maximum atomic E-state index is 8.97. The Kier molecular flexibility index (Phi) is 3.34. The molecule has 1 aromatic rings. The molecule has 0 amide bonds. The van der Waals surface area contributed by atoms with Gasteiger partial charge < -0.3 is 5.32 Å². The van der Waals surface area contributed by atoms with Gasteiger partial charge in [-0.2, -0.15) is 5.26 Å². The van der Waals surface area contributed by atoms with Crippen LogP contribution in [0.5, 0.6) is 0 Å². The van der Waals surface area contributed by atoms with E-state index in [4.69, 9.17) is 5.26 Å². The van der Waals surface area contributed by atoms with Crippen molar-refractivity contribution in [3.63, 3.8) is 0 Å². The number of nitriles is 1. The lowest BCUT2D eigenvalue weighted by molar-refractivity contribution is 0.366. The highest BCUT2D eigenvalue weighted by atomic mass is 14.9. The molecule has 0 aromatic heterocycles. The van der Waals surface area contributed by atoms with Gasteiger partial charge in [-0.05, 0) is 48.8 Å². The summed E-state index contributed by atoms with van der Waals surface area (Å²) in [5, 5.41) is 12.6. The Hall–Kier alpha value is -1.49. The van der Waals surface area contributed by atoms with Crippen LogP contribution in [-0.4, -0.2) is 6.04 Å². The van der Waals surface area contributed by atoms with Gasteiger partial charge in [0, 0.05) is 11.7 Å². The molecule has 1 aliphatic rings. The molecule has 1 aliphatic carbocycles. The Labute approximate surface area is 110 Å². The normalized spacial score (nSPS) is 25.7. The minimum atomic E-state index is 0.428. The van der Waals surface area contributed by atoms with Gasteiger partial charge in [0.2, 0.25) is 0 Å². The van der Waals surface area contributed by atoms with E-state index in [1.54, 1.807) is 0 Å². The summed E-state index contributed by atoms with van der Waals surface area (Å²) in [6.07, 6.45) is 2.46. The molecule has 2 rings (SSSR count). The lowest BCUT2D eigenvalue weighted by Crippen LogP contribution is -2.23. The monoisotopic (exact) mass is 242 g/mol. The number of hydrogen-bond donors (Lipinski definition) is 1. The molecule has 96 valence electrons. The third-order valence-electron chi connectivity index (χ3n) is 4.04. The van der Waals surface area contributed by atoms with Crippen molar-refractivity contribution in [1.29, 1.82) is 5.26 Å². The summed E-state index contributed by atoms with van der Waals surface area (Å²) in [7, 11) is 0. The molecule has 1 aromatic carbocycles. The lowest BCUT2D eigenvalue weighted by Gasteiger charge is -2.21. The van der Waals surface area contributed by atoms with Gasteiger partial charge in [-0.25, -0.2) is 0 Å². The van der Waals surface area contributed by atoms with Gasteiger partial charge in [0.25, 0.3) is 0 Å². The second-order valence-corrected chi connectivity index (χ2v) is 6.44. The smallest absolute Gasteiger partial charge is 0.0992 e. The first kappa shape index (κ1) is 13.0. The third kappa shape index (κ3) is 2.67. The predicted molar refractivity (Wildman–Crippen MR) is 75.5 cm³/mol. The van der Waals surface area contributed by atoms with E-state index in [9.17, 15) is 0 Å². The van der Waals surface area contributed by atoms with Crippen LogP contribution in [0.1, 0.15) is 44.7 Å². The van der Waals surface area contributed by atoms with Crippen molar-refractivity contribution in [3.8, 4) is 6.07 Å². The average molecular weight is 242 g/mol. The highest BCUT2D eigenvalue weighted by Crippen LogP contribution is 2.42. The molecule has 1 saturated carbocycles. The fraction of sp³-hybridized carbons (Fsp3) is 0.562. The minimum Gasteiger partial charge on any atom is -0.382 e.